The predicted molar refractivity (Wildman–Crippen MR) is 82.8 cm³/mol. The molecule has 0 radical (unpaired) electrons. The van der Waals surface area contributed by atoms with Gasteiger partial charge in [0.1, 0.15) is 10.7 Å². The van der Waals surface area contributed by atoms with Crippen molar-refractivity contribution < 1.29 is 8.42 Å². The number of hydrogen-bond acceptors (Lipinski definition) is 5. The number of hydrogen-bond donors (Lipinski definition) is 1. The second-order valence-corrected chi connectivity index (χ2v) is 6.40. The second kappa shape index (κ2) is 6.53. The van der Waals surface area contributed by atoms with Crippen molar-refractivity contribution in [3.63, 3.8) is 0 Å². The van der Waals surface area contributed by atoms with Crippen LogP contribution >= 0.6 is 0 Å². The Morgan fingerprint density at radius 2 is 2.05 bits per heavy atom. The molecule has 0 atom stereocenters. The van der Waals surface area contributed by atoms with Crippen LogP contribution in [0.4, 0.5) is 11.5 Å². The van der Waals surface area contributed by atoms with Crippen molar-refractivity contribution in [3.8, 4) is 0 Å². The molecule has 0 fully saturated rings. The van der Waals surface area contributed by atoms with E-state index in [1.165, 1.54) is 13.2 Å². The van der Waals surface area contributed by atoms with Gasteiger partial charge in [-0.05, 0) is 24.6 Å². The van der Waals surface area contributed by atoms with Crippen molar-refractivity contribution in [3.05, 3.63) is 42.9 Å². The Morgan fingerprint density at radius 1 is 1.24 bits per heavy atom. The van der Waals surface area contributed by atoms with Crippen LogP contribution in [-0.2, 0) is 10.0 Å². The van der Waals surface area contributed by atoms with Crippen molar-refractivity contribution in [1.29, 1.82) is 0 Å². The van der Waals surface area contributed by atoms with Gasteiger partial charge in [-0.15, -0.1) is 0 Å². The number of aromatic nitrogens is 2. The molecule has 0 saturated heterocycles. The largest absolute Gasteiger partial charge is 0.384 e. The Balaban J connectivity index is 2.40. The molecule has 6 nitrogen and oxygen atoms in total. The van der Waals surface area contributed by atoms with Gasteiger partial charge < -0.3 is 5.32 Å². The number of anilines is 2. The van der Waals surface area contributed by atoms with E-state index in [-0.39, 0.29) is 4.90 Å². The Labute approximate surface area is 124 Å². The van der Waals surface area contributed by atoms with Gasteiger partial charge in [0, 0.05) is 32.2 Å². The van der Waals surface area contributed by atoms with Crippen LogP contribution < -0.4 is 9.62 Å². The Hall–Kier alpha value is -2.15. The molecule has 0 aliphatic heterocycles. The third-order valence-electron chi connectivity index (χ3n) is 2.96. The van der Waals surface area contributed by atoms with Gasteiger partial charge in [0.25, 0.3) is 10.0 Å². The van der Waals surface area contributed by atoms with E-state index in [0.29, 0.717) is 18.1 Å². The van der Waals surface area contributed by atoms with Crippen molar-refractivity contribution in [2.24, 2.45) is 0 Å². The Morgan fingerprint density at radius 3 is 2.71 bits per heavy atom. The van der Waals surface area contributed by atoms with Crippen LogP contribution in [0.25, 0.3) is 0 Å². The summed E-state index contributed by atoms with van der Waals surface area (Å²) >= 11 is 0. The average Bonchev–Trinajstić information content (AvgIpc) is 2.53. The van der Waals surface area contributed by atoms with Crippen molar-refractivity contribution in [1.82, 2.24) is 9.97 Å². The third kappa shape index (κ3) is 3.30. The van der Waals surface area contributed by atoms with E-state index in [4.69, 9.17) is 0 Å². The molecule has 2 aromatic heterocycles. The van der Waals surface area contributed by atoms with E-state index in [1.54, 1.807) is 36.7 Å². The number of nitrogens with zero attached hydrogens (tertiary/aromatic N) is 3. The van der Waals surface area contributed by atoms with Gasteiger partial charge >= 0.3 is 0 Å². The lowest BCUT2D eigenvalue weighted by Gasteiger charge is -2.20. The summed E-state index contributed by atoms with van der Waals surface area (Å²) in [5.74, 6) is 0.364. The first-order valence-corrected chi connectivity index (χ1v) is 8.09. The Bertz CT molecular complexity index is 689. The highest BCUT2D eigenvalue weighted by Gasteiger charge is 2.25. The van der Waals surface area contributed by atoms with E-state index in [1.807, 2.05) is 6.92 Å². The van der Waals surface area contributed by atoms with E-state index in [0.717, 1.165) is 10.7 Å². The van der Waals surface area contributed by atoms with Crippen LogP contribution in [-0.4, -0.2) is 32.0 Å². The summed E-state index contributed by atoms with van der Waals surface area (Å²) in [5.41, 5.74) is 0.551. The number of nitrogens with one attached hydrogen (secondary N) is 1. The molecule has 7 heteroatoms. The van der Waals surface area contributed by atoms with E-state index < -0.39 is 10.0 Å². The maximum atomic E-state index is 12.7. The molecule has 21 heavy (non-hydrogen) atoms. The highest BCUT2D eigenvalue weighted by Crippen LogP contribution is 2.25. The molecule has 112 valence electrons. The molecule has 0 aliphatic rings. The molecule has 2 heterocycles. The molecular weight excluding hydrogens is 288 g/mol. The zero-order valence-electron chi connectivity index (χ0n) is 12.0. The lowest BCUT2D eigenvalue weighted by atomic mass is 10.4. The molecule has 0 unspecified atom stereocenters. The van der Waals surface area contributed by atoms with Crippen LogP contribution in [0, 0.1) is 0 Å². The fraction of sp³-hybridized carbons (Fsp3) is 0.286. The summed E-state index contributed by atoms with van der Waals surface area (Å²) in [5, 5.41) is 3.11. The van der Waals surface area contributed by atoms with Crippen LogP contribution in [0.2, 0.25) is 0 Å². The summed E-state index contributed by atoms with van der Waals surface area (Å²) in [6.45, 7) is 2.71. The summed E-state index contributed by atoms with van der Waals surface area (Å²) in [7, 11) is -2.23. The molecule has 1 N–H and O–H groups in total. The zero-order valence-corrected chi connectivity index (χ0v) is 12.8. The third-order valence-corrected chi connectivity index (χ3v) is 4.75. The van der Waals surface area contributed by atoms with Gasteiger partial charge in [-0.25, -0.2) is 13.4 Å². The van der Waals surface area contributed by atoms with Crippen LogP contribution in [0.15, 0.2) is 47.8 Å². The minimum atomic E-state index is -3.71. The fourth-order valence-electron chi connectivity index (χ4n) is 1.80. The standard InChI is InChI=1S/C14H18N4O2S/c1-3-8-16-12-7-10-15-11-13(12)21(19,20)18(2)14-6-4-5-9-17-14/h4-7,9-11H,3,8H2,1-2H3,(H,15,16). The molecular formula is C14H18N4O2S. The van der Waals surface area contributed by atoms with Crippen molar-refractivity contribution in [2.45, 2.75) is 18.2 Å². The van der Waals surface area contributed by atoms with E-state index >= 15 is 0 Å². The number of rotatable bonds is 6. The lowest BCUT2D eigenvalue weighted by molar-refractivity contribution is 0.593. The van der Waals surface area contributed by atoms with E-state index in [9.17, 15) is 8.42 Å². The van der Waals surface area contributed by atoms with Gasteiger partial charge in [0.05, 0.1) is 5.69 Å². The smallest absolute Gasteiger partial charge is 0.268 e. The van der Waals surface area contributed by atoms with Gasteiger partial charge in [0.15, 0.2) is 0 Å². The van der Waals surface area contributed by atoms with Crippen molar-refractivity contribution in [2.75, 3.05) is 23.2 Å². The molecule has 0 amide bonds. The fourth-order valence-corrected chi connectivity index (χ4v) is 3.06. The SMILES string of the molecule is CCCNc1ccncc1S(=O)(=O)N(C)c1ccccn1. The van der Waals surface area contributed by atoms with Crippen LogP contribution in [0.5, 0.6) is 0 Å². The average molecular weight is 306 g/mol. The van der Waals surface area contributed by atoms with Crippen LogP contribution in [0.1, 0.15) is 13.3 Å². The quantitative estimate of drug-likeness (QED) is 0.885. The number of sulfonamides is 1. The van der Waals surface area contributed by atoms with Crippen molar-refractivity contribution >= 4 is 21.5 Å². The van der Waals surface area contributed by atoms with Gasteiger partial charge in [-0.3, -0.25) is 9.29 Å². The minimum Gasteiger partial charge on any atom is -0.384 e. The topological polar surface area (TPSA) is 75.2 Å². The minimum absolute atomic E-state index is 0.145. The number of pyridine rings is 2. The first-order valence-electron chi connectivity index (χ1n) is 6.65. The predicted octanol–water partition coefficient (Wildman–Crippen LogP) is 2.12. The van der Waals surface area contributed by atoms with E-state index in [2.05, 4.69) is 15.3 Å². The van der Waals surface area contributed by atoms with Gasteiger partial charge in [-0.1, -0.05) is 13.0 Å². The first-order chi connectivity index (χ1) is 10.1. The van der Waals surface area contributed by atoms with Gasteiger partial charge in [0.2, 0.25) is 0 Å². The summed E-state index contributed by atoms with van der Waals surface area (Å²) < 4.78 is 26.6. The molecule has 0 bridgehead atoms. The summed E-state index contributed by atoms with van der Waals surface area (Å²) in [6, 6.07) is 6.79. The van der Waals surface area contributed by atoms with Gasteiger partial charge in [-0.2, -0.15) is 0 Å². The summed E-state index contributed by atoms with van der Waals surface area (Å²) in [4.78, 5) is 8.14. The Kier molecular flexibility index (Phi) is 4.74. The maximum Gasteiger partial charge on any atom is 0.268 e. The molecule has 0 aliphatic carbocycles. The maximum absolute atomic E-state index is 12.7. The monoisotopic (exact) mass is 306 g/mol. The lowest BCUT2D eigenvalue weighted by Crippen LogP contribution is -2.28. The molecule has 2 rings (SSSR count). The highest BCUT2D eigenvalue weighted by atomic mass is 32.2. The van der Waals surface area contributed by atoms with Crippen LogP contribution in [0.3, 0.4) is 0 Å². The summed E-state index contributed by atoms with van der Waals surface area (Å²) in [6.07, 6.45) is 5.38. The molecule has 0 spiro atoms. The molecule has 0 aromatic carbocycles. The molecule has 0 saturated carbocycles. The second-order valence-electron chi connectivity index (χ2n) is 4.46. The molecule has 2 aromatic rings. The normalized spacial score (nSPS) is 11.1. The first kappa shape index (κ1) is 15.2. The highest BCUT2D eigenvalue weighted by molar-refractivity contribution is 7.93. The zero-order chi connectivity index (χ0) is 15.3.